The molecular weight excluding hydrogens is 241 g/mol. The van der Waals surface area contributed by atoms with Crippen molar-refractivity contribution < 1.29 is 9.13 Å². The Balaban J connectivity index is 2.02. The van der Waals surface area contributed by atoms with Crippen LogP contribution in [0.25, 0.3) is 0 Å². The maximum Gasteiger partial charge on any atom is 0.167 e. The Morgan fingerprint density at radius 2 is 1.79 bits per heavy atom. The third-order valence-corrected chi connectivity index (χ3v) is 3.08. The molecule has 2 aromatic rings. The average molecular weight is 259 g/mol. The minimum absolute atomic E-state index is 0.252. The summed E-state index contributed by atoms with van der Waals surface area (Å²) in [5.41, 5.74) is 8.77. The summed E-state index contributed by atoms with van der Waals surface area (Å²) in [6.07, 6.45) is 0. The second kappa shape index (κ2) is 5.85. The van der Waals surface area contributed by atoms with Gasteiger partial charge < -0.3 is 10.5 Å². The van der Waals surface area contributed by atoms with Crippen LogP contribution in [-0.4, -0.2) is 6.61 Å². The van der Waals surface area contributed by atoms with Crippen molar-refractivity contribution in [1.29, 1.82) is 0 Å². The number of hydrogen-bond acceptors (Lipinski definition) is 2. The van der Waals surface area contributed by atoms with Gasteiger partial charge in [-0.05, 0) is 31.0 Å². The summed E-state index contributed by atoms with van der Waals surface area (Å²) in [6, 6.07) is 12.8. The van der Waals surface area contributed by atoms with Crippen LogP contribution in [0.15, 0.2) is 42.5 Å². The first-order valence-electron chi connectivity index (χ1n) is 6.28. The van der Waals surface area contributed by atoms with Gasteiger partial charge in [-0.2, -0.15) is 0 Å². The maximum absolute atomic E-state index is 13.7. The van der Waals surface area contributed by atoms with Crippen LogP contribution in [0.3, 0.4) is 0 Å². The van der Waals surface area contributed by atoms with E-state index in [9.17, 15) is 4.39 Å². The van der Waals surface area contributed by atoms with Gasteiger partial charge in [-0.3, -0.25) is 0 Å². The molecule has 0 radical (unpaired) electrons. The first-order valence-corrected chi connectivity index (χ1v) is 6.28. The van der Waals surface area contributed by atoms with E-state index in [1.807, 2.05) is 31.2 Å². The zero-order valence-corrected chi connectivity index (χ0v) is 11.2. The van der Waals surface area contributed by atoms with Gasteiger partial charge in [0.25, 0.3) is 0 Å². The van der Waals surface area contributed by atoms with Crippen molar-refractivity contribution in [3.63, 3.8) is 0 Å². The van der Waals surface area contributed by atoms with Crippen molar-refractivity contribution in [2.24, 2.45) is 5.73 Å². The Labute approximate surface area is 113 Å². The molecule has 3 heteroatoms. The normalized spacial score (nSPS) is 12.2. The van der Waals surface area contributed by atoms with Gasteiger partial charge in [-0.25, -0.2) is 4.39 Å². The molecule has 0 fully saturated rings. The fraction of sp³-hybridized carbons (Fsp3) is 0.250. The first kappa shape index (κ1) is 13.6. The van der Waals surface area contributed by atoms with E-state index in [0.717, 1.165) is 5.56 Å². The summed E-state index contributed by atoms with van der Waals surface area (Å²) >= 11 is 0. The molecule has 0 aromatic heterocycles. The molecular formula is C16H18FNO. The van der Waals surface area contributed by atoms with Gasteiger partial charge >= 0.3 is 0 Å². The van der Waals surface area contributed by atoms with E-state index >= 15 is 0 Å². The standard InChI is InChI=1S/C16H18FNO/c1-11-6-8-13(9-7-11)14(18)10-19-15-5-3-4-12(2)16(15)17/h3-9,14H,10,18H2,1-2H3. The van der Waals surface area contributed by atoms with E-state index in [0.29, 0.717) is 5.56 Å². The summed E-state index contributed by atoms with van der Waals surface area (Å²) in [4.78, 5) is 0. The molecule has 0 aliphatic rings. The molecule has 2 rings (SSSR count). The SMILES string of the molecule is Cc1ccc(C(N)COc2cccc(C)c2F)cc1. The van der Waals surface area contributed by atoms with Gasteiger partial charge in [-0.15, -0.1) is 0 Å². The monoisotopic (exact) mass is 259 g/mol. The predicted molar refractivity (Wildman–Crippen MR) is 74.7 cm³/mol. The van der Waals surface area contributed by atoms with Crippen LogP contribution >= 0.6 is 0 Å². The lowest BCUT2D eigenvalue weighted by atomic mass is 10.1. The van der Waals surface area contributed by atoms with Crippen molar-refractivity contribution in [2.75, 3.05) is 6.61 Å². The molecule has 0 aliphatic carbocycles. The van der Waals surface area contributed by atoms with Crippen molar-refractivity contribution in [1.82, 2.24) is 0 Å². The van der Waals surface area contributed by atoms with E-state index in [4.69, 9.17) is 10.5 Å². The van der Waals surface area contributed by atoms with E-state index in [2.05, 4.69) is 0 Å². The Morgan fingerprint density at radius 1 is 1.11 bits per heavy atom. The molecule has 0 spiro atoms. The quantitative estimate of drug-likeness (QED) is 0.911. The summed E-state index contributed by atoms with van der Waals surface area (Å²) in [5, 5.41) is 0. The lowest BCUT2D eigenvalue weighted by Crippen LogP contribution is -2.19. The van der Waals surface area contributed by atoms with Gasteiger partial charge in [0.2, 0.25) is 0 Å². The first-order chi connectivity index (χ1) is 9.08. The number of halogens is 1. The van der Waals surface area contributed by atoms with Crippen LogP contribution in [-0.2, 0) is 0 Å². The Kier molecular flexibility index (Phi) is 4.17. The Bertz CT molecular complexity index is 551. The van der Waals surface area contributed by atoms with Crippen LogP contribution < -0.4 is 10.5 Å². The van der Waals surface area contributed by atoms with Crippen LogP contribution in [0.5, 0.6) is 5.75 Å². The molecule has 2 aromatic carbocycles. The summed E-state index contributed by atoms with van der Waals surface area (Å²) in [5.74, 6) is -0.0684. The molecule has 0 saturated heterocycles. The largest absolute Gasteiger partial charge is 0.489 e. The molecule has 100 valence electrons. The topological polar surface area (TPSA) is 35.2 Å². The summed E-state index contributed by atoms with van der Waals surface area (Å²) in [6.45, 7) is 3.99. The third-order valence-electron chi connectivity index (χ3n) is 3.08. The minimum atomic E-state index is -0.321. The van der Waals surface area contributed by atoms with Crippen LogP contribution in [0.1, 0.15) is 22.7 Å². The van der Waals surface area contributed by atoms with Crippen LogP contribution in [0.4, 0.5) is 4.39 Å². The second-order valence-electron chi connectivity index (χ2n) is 4.72. The molecule has 2 nitrogen and oxygen atoms in total. The summed E-state index contributed by atoms with van der Waals surface area (Å²) < 4.78 is 19.2. The van der Waals surface area contributed by atoms with Crippen molar-refractivity contribution in [3.8, 4) is 5.75 Å². The lowest BCUT2D eigenvalue weighted by Gasteiger charge is -2.14. The molecule has 2 N–H and O–H groups in total. The molecule has 0 heterocycles. The van der Waals surface area contributed by atoms with E-state index in [1.165, 1.54) is 5.56 Å². The fourth-order valence-corrected chi connectivity index (χ4v) is 1.82. The highest BCUT2D eigenvalue weighted by atomic mass is 19.1. The van der Waals surface area contributed by atoms with Gasteiger partial charge in [0, 0.05) is 0 Å². The number of benzene rings is 2. The molecule has 1 atom stereocenters. The van der Waals surface area contributed by atoms with Crippen LogP contribution in [0, 0.1) is 19.7 Å². The van der Waals surface area contributed by atoms with Gasteiger partial charge in [0.15, 0.2) is 11.6 Å². The van der Waals surface area contributed by atoms with Crippen molar-refractivity contribution >= 4 is 0 Å². The lowest BCUT2D eigenvalue weighted by molar-refractivity contribution is 0.277. The van der Waals surface area contributed by atoms with Crippen molar-refractivity contribution in [3.05, 3.63) is 65.0 Å². The molecule has 0 bridgehead atoms. The Hall–Kier alpha value is -1.87. The number of hydrogen-bond donors (Lipinski definition) is 1. The highest BCUT2D eigenvalue weighted by Crippen LogP contribution is 2.21. The van der Waals surface area contributed by atoms with Gasteiger partial charge in [0.05, 0.1) is 6.04 Å². The predicted octanol–water partition coefficient (Wildman–Crippen LogP) is 3.52. The van der Waals surface area contributed by atoms with E-state index < -0.39 is 0 Å². The van der Waals surface area contributed by atoms with Gasteiger partial charge in [-0.1, -0.05) is 42.0 Å². The minimum Gasteiger partial charge on any atom is -0.489 e. The molecule has 19 heavy (non-hydrogen) atoms. The highest BCUT2D eigenvalue weighted by Gasteiger charge is 2.10. The number of ether oxygens (including phenoxy) is 1. The average Bonchev–Trinajstić information content (AvgIpc) is 2.41. The fourth-order valence-electron chi connectivity index (χ4n) is 1.82. The smallest absolute Gasteiger partial charge is 0.167 e. The molecule has 0 saturated carbocycles. The second-order valence-corrected chi connectivity index (χ2v) is 4.72. The van der Waals surface area contributed by atoms with Crippen molar-refractivity contribution in [2.45, 2.75) is 19.9 Å². The number of aryl methyl sites for hydroxylation is 2. The van der Waals surface area contributed by atoms with E-state index in [-0.39, 0.29) is 24.2 Å². The molecule has 0 amide bonds. The number of rotatable bonds is 4. The maximum atomic E-state index is 13.7. The zero-order valence-electron chi connectivity index (χ0n) is 11.2. The zero-order chi connectivity index (χ0) is 13.8. The molecule has 1 unspecified atom stereocenters. The number of nitrogens with two attached hydrogens (primary N) is 1. The molecule has 0 aliphatic heterocycles. The summed E-state index contributed by atoms with van der Waals surface area (Å²) in [7, 11) is 0. The Morgan fingerprint density at radius 3 is 2.47 bits per heavy atom. The van der Waals surface area contributed by atoms with Gasteiger partial charge in [0.1, 0.15) is 6.61 Å². The van der Waals surface area contributed by atoms with Crippen LogP contribution in [0.2, 0.25) is 0 Å². The third kappa shape index (κ3) is 3.32. The highest BCUT2D eigenvalue weighted by molar-refractivity contribution is 5.30. The van der Waals surface area contributed by atoms with E-state index in [1.54, 1.807) is 25.1 Å².